The standard InChI is InChI=1S/C23H26N2O3S2/c1-15(2)28-17-8-6-16(7-9-17)22(26)25(14-18-5-4-12-27-18)23-24-20-11-10-19(29-3)13-21(20)30-23/h6-11,13,15,18H,4-5,12,14H2,1-3H3. The number of nitrogens with zero attached hydrogens (tertiary/aromatic N) is 2. The van der Waals surface area contributed by atoms with Crippen LogP contribution in [0.5, 0.6) is 5.75 Å². The third-order valence-corrected chi connectivity index (χ3v) is 6.71. The molecular weight excluding hydrogens is 416 g/mol. The maximum atomic E-state index is 13.5. The maximum Gasteiger partial charge on any atom is 0.260 e. The molecule has 30 heavy (non-hydrogen) atoms. The number of hydrogen-bond donors (Lipinski definition) is 0. The van der Waals surface area contributed by atoms with Crippen LogP contribution in [0.15, 0.2) is 47.4 Å². The monoisotopic (exact) mass is 442 g/mol. The van der Waals surface area contributed by atoms with E-state index in [0.29, 0.717) is 17.2 Å². The number of fused-ring (bicyclic) bond motifs is 1. The van der Waals surface area contributed by atoms with Crippen LogP contribution in [0.1, 0.15) is 37.0 Å². The van der Waals surface area contributed by atoms with Crippen LogP contribution < -0.4 is 9.64 Å². The van der Waals surface area contributed by atoms with Crippen LogP contribution >= 0.6 is 23.1 Å². The molecule has 2 aromatic carbocycles. The van der Waals surface area contributed by atoms with Gasteiger partial charge in [0.2, 0.25) is 0 Å². The number of carbonyl (C=O) groups is 1. The number of anilines is 1. The zero-order valence-electron chi connectivity index (χ0n) is 17.5. The molecule has 0 radical (unpaired) electrons. The van der Waals surface area contributed by atoms with E-state index >= 15 is 0 Å². The fraction of sp³-hybridized carbons (Fsp3) is 0.391. The summed E-state index contributed by atoms with van der Waals surface area (Å²) < 4.78 is 12.6. The fourth-order valence-corrected chi connectivity index (χ4v) is 5.01. The van der Waals surface area contributed by atoms with Crippen LogP contribution in [-0.2, 0) is 4.74 Å². The van der Waals surface area contributed by atoms with E-state index in [0.717, 1.165) is 35.4 Å². The molecule has 3 aromatic rings. The SMILES string of the molecule is CSc1ccc2nc(N(CC3CCCO3)C(=O)c3ccc(OC(C)C)cc3)sc2c1. The average Bonchev–Trinajstić information content (AvgIpc) is 3.40. The van der Waals surface area contributed by atoms with E-state index in [1.54, 1.807) is 28.0 Å². The summed E-state index contributed by atoms with van der Waals surface area (Å²) in [5, 5.41) is 0.714. The summed E-state index contributed by atoms with van der Waals surface area (Å²) in [5.74, 6) is 0.697. The van der Waals surface area contributed by atoms with Crippen LogP contribution in [-0.4, -0.2) is 42.5 Å². The first-order valence-corrected chi connectivity index (χ1v) is 12.2. The van der Waals surface area contributed by atoms with Crippen molar-refractivity contribution in [2.45, 2.75) is 43.8 Å². The number of aromatic nitrogens is 1. The lowest BCUT2D eigenvalue weighted by atomic mass is 10.1. The normalized spacial score (nSPS) is 16.3. The number of hydrogen-bond acceptors (Lipinski definition) is 6. The molecule has 4 rings (SSSR count). The van der Waals surface area contributed by atoms with Gasteiger partial charge in [-0.15, -0.1) is 11.8 Å². The summed E-state index contributed by atoms with van der Waals surface area (Å²) in [6, 6.07) is 13.6. The highest BCUT2D eigenvalue weighted by atomic mass is 32.2. The Morgan fingerprint density at radius 1 is 1.30 bits per heavy atom. The summed E-state index contributed by atoms with van der Waals surface area (Å²) in [4.78, 5) is 21.2. The summed E-state index contributed by atoms with van der Waals surface area (Å²) in [5.41, 5.74) is 1.53. The first kappa shape index (κ1) is 21.2. The van der Waals surface area contributed by atoms with E-state index in [1.165, 1.54) is 4.90 Å². The predicted molar refractivity (Wildman–Crippen MR) is 124 cm³/mol. The lowest BCUT2D eigenvalue weighted by Crippen LogP contribution is -2.37. The van der Waals surface area contributed by atoms with Crippen LogP contribution in [0.3, 0.4) is 0 Å². The zero-order chi connectivity index (χ0) is 21.1. The molecule has 1 aliphatic rings. The quantitative estimate of drug-likeness (QED) is 0.444. The molecule has 2 heterocycles. The second kappa shape index (κ2) is 9.37. The summed E-state index contributed by atoms with van der Waals surface area (Å²) >= 11 is 3.26. The van der Waals surface area contributed by atoms with Crippen molar-refractivity contribution >= 4 is 44.4 Å². The number of thiazole rings is 1. The largest absolute Gasteiger partial charge is 0.491 e. The highest BCUT2D eigenvalue weighted by molar-refractivity contribution is 7.98. The molecule has 1 amide bonds. The van der Waals surface area contributed by atoms with E-state index in [4.69, 9.17) is 14.5 Å². The second-order valence-corrected chi connectivity index (χ2v) is 9.46. The number of thioether (sulfide) groups is 1. The molecule has 1 saturated heterocycles. The van der Waals surface area contributed by atoms with Crippen molar-refractivity contribution < 1.29 is 14.3 Å². The molecule has 7 heteroatoms. The number of benzene rings is 2. The van der Waals surface area contributed by atoms with Gasteiger partial charge in [0.15, 0.2) is 5.13 Å². The lowest BCUT2D eigenvalue weighted by molar-refractivity contribution is 0.0917. The third kappa shape index (κ3) is 4.79. The fourth-order valence-electron chi connectivity index (χ4n) is 3.48. The smallest absolute Gasteiger partial charge is 0.260 e. The van der Waals surface area contributed by atoms with Crippen LogP contribution in [0.25, 0.3) is 10.2 Å². The van der Waals surface area contributed by atoms with Gasteiger partial charge in [0.25, 0.3) is 5.91 Å². The number of rotatable bonds is 7. The van der Waals surface area contributed by atoms with E-state index in [2.05, 4.69) is 18.4 Å². The number of amides is 1. The second-order valence-electron chi connectivity index (χ2n) is 7.57. The van der Waals surface area contributed by atoms with Gasteiger partial charge in [0.05, 0.1) is 29.0 Å². The van der Waals surface area contributed by atoms with Gasteiger partial charge in [0.1, 0.15) is 5.75 Å². The summed E-state index contributed by atoms with van der Waals surface area (Å²) in [7, 11) is 0. The Morgan fingerprint density at radius 3 is 2.77 bits per heavy atom. The van der Waals surface area contributed by atoms with Gasteiger partial charge in [-0.05, 0) is 75.4 Å². The Morgan fingerprint density at radius 2 is 2.10 bits per heavy atom. The van der Waals surface area contributed by atoms with Crippen molar-refractivity contribution in [2.75, 3.05) is 24.3 Å². The van der Waals surface area contributed by atoms with Crippen molar-refractivity contribution in [1.29, 1.82) is 0 Å². The van der Waals surface area contributed by atoms with Gasteiger partial charge in [-0.25, -0.2) is 4.98 Å². The Hall–Kier alpha value is -2.09. The number of carbonyl (C=O) groups excluding carboxylic acids is 1. The molecule has 1 aliphatic heterocycles. The van der Waals surface area contributed by atoms with E-state index in [1.807, 2.05) is 44.2 Å². The lowest BCUT2D eigenvalue weighted by Gasteiger charge is -2.23. The van der Waals surface area contributed by atoms with E-state index < -0.39 is 0 Å². The topological polar surface area (TPSA) is 51.7 Å². The first-order valence-electron chi connectivity index (χ1n) is 10.2. The Balaban J connectivity index is 1.64. The van der Waals surface area contributed by atoms with Crippen molar-refractivity contribution in [1.82, 2.24) is 4.98 Å². The minimum atomic E-state index is -0.0641. The number of ether oxygens (including phenoxy) is 2. The summed E-state index contributed by atoms with van der Waals surface area (Å²) in [6.45, 7) is 5.24. The van der Waals surface area contributed by atoms with Gasteiger partial charge in [-0.2, -0.15) is 0 Å². The van der Waals surface area contributed by atoms with Crippen molar-refractivity contribution in [3.05, 3.63) is 48.0 Å². The average molecular weight is 443 g/mol. The minimum Gasteiger partial charge on any atom is -0.491 e. The Labute approximate surface area is 185 Å². The Bertz CT molecular complexity index is 1010. The van der Waals surface area contributed by atoms with Gasteiger partial charge in [-0.1, -0.05) is 11.3 Å². The van der Waals surface area contributed by atoms with E-state index in [9.17, 15) is 4.79 Å². The van der Waals surface area contributed by atoms with Crippen LogP contribution in [0, 0.1) is 0 Å². The van der Waals surface area contributed by atoms with Crippen molar-refractivity contribution in [3.63, 3.8) is 0 Å². The minimum absolute atomic E-state index is 0.0475. The van der Waals surface area contributed by atoms with Gasteiger partial charge in [0, 0.05) is 17.1 Å². The highest BCUT2D eigenvalue weighted by Crippen LogP contribution is 2.33. The van der Waals surface area contributed by atoms with Crippen LogP contribution in [0.2, 0.25) is 0 Å². The van der Waals surface area contributed by atoms with Gasteiger partial charge in [-0.3, -0.25) is 9.69 Å². The molecule has 158 valence electrons. The molecule has 5 nitrogen and oxygen atoms in total. The zero-order valence-corrected chi connectivity index (χ0v) is 19.1. The van der Waals surface area contributed by atoms with Crippen molar-refractivity contribution in [2.24, 2.45) is 0 Å². The molecule has 0 spiro atoms. The molecule has 0 bridgehead atoms. The molecule has 0 saturated carbocycles. The molecule has 1 atom stereocenters. The van der Waals surface area contributed by atoms with Crippen LogP contribution in [0.4, 0.5) is 5.13 Å². The molecule has 1 aromatic heterocycles. The molecule has 0 N–H and O–H groups in total. The molecule has 1 fully saturated rings. The molecular formula is C23H26N2O3S2. The highest BCUT2D eigenvalue weighted by Gasteiger charge is 2.27. The third-order valence-electron chi connectivity index (χ3n) is 4.94. The van der Waals surface area contributed by atoms with E-state index in [-0.39, 0.29) is 18.1 Å². The van der Waals surface area contributed by atoms with Crippen molar-refractivity contribution in [3.8, 4) is 5.75 Å². The molecule has 1 unspecified atom stereocenters. The molecule has 0 aliphatic carbocycles. The maximum absolute atomic E-state index is 13.5. The predicted octanol–water partition coefficient (Wildman–Crippen LogP) is 5.63. The van der Waals surface area contributed by atoms with Gasteiger partial charge >= 0.3 is 0 Å². The first-order chi connectivity index (χ1) is 14.5. The Kier molecular flexibility index (Phi) is 6.61. The summed E-state index contributed by atoms with van der Waals surface area (Å²) in [6.07, 6.45) is 4.20. The van der Waals surface area contributed by atoms with Gasteiger partial charge < -0.3 is 9.47 Å².